The molecule has 2 aliphatic rings. The lowest BCUT2D eigenvalue weighted by atomic mass is 9.85. The summed E-state index contributed by atoms with van der Waals surface area (Å²) in [5.41, 5.74) is 0.934. The van der Waals surface area contributed by atoms with Crippen molar-refractivity contribution in [3.05, 3.63) is 34.6 Å². The number of hydrogen-bond acceptors (Lipinski definition) is 3. The van der Waals surface area contributed by atoms with Crippen molar-refractivity contribution in [1.29, 1.82) is 0 Å². The normalized spacial score (nSPS) is 25.1. The van der Waals surface area contributed by atoms with Gasteiger partial charge in [-0.3, -0.25) is 9.69 Å². The Morgan fingerprint density at radius 3 is 3.00 bits per heavy atom. The second-order valence-electron chi connectivity index (χ2n) is 8.17. The molecule has 27 heavy (non-hydrogen) atoms. The van der Waals surface area contributed by atoms with E-state index in [9.17, 15) is 9.18 Å². The highest BCUT2D eigenvalue weighted by Crippen LogP contribution is 2.23. The van der Waals surface area contributed by atoms with Gasteiger partial charge in [0.2, 0.25) is 5.91 Å². The van der Waals surface area contributed by atoms with Crippen molar-refractivity contribution in [2.75, 3.05) is 26.2 Å². The number of rotatable bonds is 6. The van der Waals surface area contributed by atoms with E-state index in [1.54, 1.807) is 6.07 Å². The van der Waals surface area contributed by atoms with Crippen LogP contribution in [-0.4, -0.2) is 43.0 Å². The van der Waals surface area contributed by atoms with Crippen LogP contribution in [0.3, 0.4) is 0 Å². The van der Waals surface area contributed by atoms with Crippen LogP contribution < -0.4 is 10.6 Å². The SMILES string of the molecule is CC(CC(=O)NC1CCCN(Cc2ccc(F)cc2Cl)C1)C1CCCNC1. The van der Waals surface area contributed by atoms with Gasteiger partial charge in [0, 0.05) is 30.6 Å². The van der Waals surface area contributed by atoms with E-state index in [-0.39, 0.29) is 17.8 Å². The molecule has 0 aromatic heterocycles. The van der Waals surface area contributed by atoms with E-state index < -0.39 is 0 Å². The van der Waals surface area contributed by atoms with Crippen molar-refractivity contribution in [3.63, 3.8) is 0 Å². The van der Waals surface area contributed by atoms with Crippen molar-refractivity contribution in [1.82, 2.24) is 15.5 Å². The highest BCUT2D eigenvalue weighted by molar-refractivity contribution is 6.31. The number of likely N-dealkylation sites (tertiary alicyclic amines) is 1. The molecule has 0 bridgehead atoms. The van der Waals surface area contributed by atoms with Crippen molar-refractivity contribution in [2.24, 2.45) is 11.8 Å². The molecule has 2 heterocycles. The summed E-state index contributed by atoms with van der Waals surface area (Å²) in [5.74, 6) is 0.873. The summed E-state index contributed by atoms with van der Waals surface area (Å²) >= 11 is 6.16. The van der Waals surface area contributed by atoms with Gasteiger partial charge in [0.1, 0.15) is 5.82 Å². The van der Waals surface area contributed by atoms with Crippen LogP contribution in [0.2, 0.25) is 5.02 Å². The molecule has 3 atom stereocenters. The lowest BCUT2D eigenvalue weighted by Crippen LogP contribution is -2.48. The second kappa shape index (κ2) is 9.85. The molecule has 0 spiro atoms. The molecular formula is C21H31ClFN3O. The Morgan fingerprint density at radius 2 is 2.26 bits per heavy atom. The Labute approximate surface area is 166 Å². The minimum atomic E-state index is -0.310. The molecule has 2 fully saturated rings. The first-order valence-corrected chi connectivity index (χ1v) is 10.6. The maximum Gasteiger partial charge on any atom is 0.220 e. The maximum atomic E-state index is 13.2. The molecule has 3 unspecified atom stereocenters. The molecule has 0 radical (unpaired) electrons. The molecule has 2 aliphatic heterocycles. The fraction of sp³-hybridized carbons (Fsp3) is 0.667. The predicted molar refractivity (Wildman–Crippen MR) is 107 cm³/mol. The summed E-state index contributed by atoms with van der Waals surface area (Å²) in [6.45, 7) is 6.81. The minimum Gasteiger partial charge on any atom is -0.352 e. The number of nitrogens with one attached hydrogen (secondary N) is 2. The third-order valence-electron chi connectivity index (χ3n) is 5.93. The molecule has 4 nitrogen and oxygen atoms in total. The van der Waals surface area contributed by atoms with E-state index in [0.717, 1.165) is 44.6 Å². The van der Waals surface area contributed by atoms with E-state index in [0.29, 0.717) is 29.8 Å². The van der Waals surface area contributed by atoms with Gasteiger partial charge in [0.05, 0.1) is 0 Å². The number of piperidine rings is 2. The molecule has 1 aromatic carbocycles. The zero-order valence-corrected chi connectivity index (χ0v) is 16.9. The first kappa shape index (κ1) is 20.6. The predicted octanol–water partition coefficient (Wildman–Crippen LogP) is 3.59. The summed E-state index contributed by atoms with van der Waals surface area (Å²) < 4.78 is 13.2. The Morgan fingerprint density at radius 1 is 1.41 bits per heavy atom. The van der Waals surface area contributed by atoms with Gasteiger partial charge in [-0.25, -0.2) is 4.39 Å². The summed E-state index contributed by atoms with van der Waals surface area (Å²) in [7, 11) is 0. The van der Waals surface area contributed by atoms with Crippen LogP contribution in [0, 0.1) is 17.7 Å². The molecule has 150 valence electrons. The molecule has 0 aliphatic carbocycles. The first-order chi connectivity index (χ1) is 13.0. The standard InChI is InChI=1S/C21H31ClFN3O/c1-15(16-4-2-8-24-12-16)10-21(27)25-19-5-3-9-26(14-19)13-17-6-7-18(23)11-20(17)22/h6-7,11,15-16,19,24H,2-5,8-10,12-14H2,1H3,(H,25,27). The largest absolute Gasteiger partial charge is 0.352 e. The van der Waals surface area contributed by atoms with Gasteiger partial charge in [-0.05, 0) is 74.8 Å². The van der Waals surface area contributed by atoms with Crippen molar-refractivity contribution < 1.29 is 9.18 Å². The minimum absolute atomic E-state index is 0.166. The van der Waals surface area contributed by atoms with Crippen LogP contribution in [0.15, 0.2) is 18.2 Å². The van der Waals surface area contributed by atoms with Gasteiger partial charge in [-0.1, -0.05) is 24.6 Å². The van der Waals surface area contributed by atoms with Crippen LogP contribution in [-0.2, 0) is 11.3 Å². The molecule has 1 amide bonds. The van der Waals surface area contributed by atoms with E-state index in [1.807, 2.05) is 0 Å². The Hall–Kier alpha value is -1.17. The fourth-order valence-corrected chi connectivity index (χ4v) is 4.54. The van der Waals surface area contributed by atoms with Crippen LogP contribution >= 0.6 is 11.6 Å². The monoisotopic (exact) mass is 395 g/mol. The molecule has 3 rings (SSSR count). The smallest absolute Gasteiger partial charge is 0.220 e. The van der Waals surface area contributed by atoms with Crippen molar-refractivity contribution in [2.45, 2.75) is 51.6 Å². The average molecular weight is 396 g/mol. The number of nitrogens with zero attached hydrogens (tertiary/aromatic N) is 1. The highest BCUT2D eigenvalue weighted by Gasteiger charge is 2.25. The number of hydrogen-bond donors (Lipinski definition) is 2. The Bertz CT molecular complexity index is 636. The number of amides is 1. The Kier molecular flexibility index (Phi) is 7.50. The van der Waals surface area contributed by atoms with Gasteiger partial charge in [0.15, 0.2) is 0 Å². The van der Waals surface area contributed by atoms with E-state index in [4.69, 9.17) is 11.6 Å². The van der Waals surface area contributed by atoms with Crippen LogP contribution in [0.1, 0.15) is 44.6 Å². The lowest BCUT2D eigenvalue weighted by Gasteiger charge is -2.34. The topological polar surface area (TPSA) is 44.4 Å². The van der Waals surface area contributed by atoms with Gasteiger partial charge in [-0.2, -0.15) is 0 Å². The lowest BCUT2D eigenvalue weighted by molar-refractivity contribution is -0.123. The Balaban J connectivity index is 1.46. The molecular weight excluding hydrogens is 365 g/mol. The molecule has 2 N–H and O–H groups in total. The average Bonchev–Trinajstić information content (AvgIpc) is 2.65. The highest BCUT2D eigenvalue weighted by atomic mass is 35.5. The second-order valence-corrected chi connectivity index (χ2v) is 8.57. The molecule has 6 heteroatoms. The summed E-state index contributed by atoms with van der Waals surface area (Å²) in [5, 5.41) is 7.14. The van der Waals surface area contributed by atoms with Gasteiger partial charge in [-0.15, -0.1) is 0 Å². The maximum absolute atomic E-state index is 13.2. The third kappa shape index (κ3) is 6.16. The summed E-state index contributed by atoms with van der Waals surface area (Å²) in [6, 6.07) is 4.75. The van der Waals surface area contributed by atoms with Gasteiger partial charge in [0.25, 0.3) is 0 Å². The molecule has 1 aromatic rings. The zero-order valence-electron chi connectivity index (χ0n) is 16.1. The van der Waals surface area contributed by atoms with E-state index in [2.05, 4.69) is 22.5 Å². The number of carbonyl (C=O) groups is 1. The number of halogens is 2. The van der Waals surface area contributed by atoms with Crippen LogP contribution in [0.4, 0.5) is 4.39 Å². The number of carbonyl (C=O) groups excluding carboxylic acids is 1. The van der Waals surface area contributed by atoms with E-state index in [1.165, 1.54) is 25.0 Å². The third-order valence-corrected chi connectivity index (χ3v) is 6.28. The zero-order chi connectivity index (χ0) is 19.2. The van der Waals surface area contributed by atoms with Crippen molar-refractivity contribution >= 4 is 17.5 Å². The molecule has 0 saturated carbocycles. The molecule has 2 saturated heterocycles. The first-order valence-electron chi connectivity index (χ1n) is 10.2. The van der Waals surface area contributed by atoms with Gasteiger partial charge >= 0.3 is 0 Å². The van der Waals surface area contributed by atoms with Crippen LogP contribution in [0.5, 0.6) is 0 Å². The summed E-state index contributed by atoms with van der Waals surface area (Å²) in [6.07, 6.45) is 5.09. The fourth-order valence-electron chi connectivity index (χ4n) is 4.32. The summed E-state index contributed by atoms with van der Waals surface area (Å²) in [4.78, 5) is 14.8. The van der Waals surface area contributed by atoms with Crippen LogP contribution in [0.25, 0.3) is 0 Å². The van der Waals surface area contributed by atoms with Crippen molar-refractivity contribution in [3.8, 4) is 0 Å². The number of benzene rings is 1. The quantitative estimate of drug-likeness (QED) is 0.773. The van der Waals surface area contributed by atoms with Gasteiger partial charge < -0.3 is 10.6 Å². The van der Waals surface area contributed by atoms with E-state index >= 15 is 0 Å².